The molecule has 0 saturated heterocycles. The Morgan fingerprint density at radius 1 is 0.711 bits per heavy atom. The van der Waals surface area contributed by atoms with E-state index in [1.165, 1.54) is 95.6 Å². The van der Waals surface area contributed by atoms with Gasteiger partial charge in [0.1, 0.15) is 0 Å². The SMILES string of the molecule is CCCC1=CC(C)(CCC)N(C2=C/C=C\C=C/C=C\C=C/C=C\2)N(C)C1C1CCCCCCCCCCC1. The zero-order chi connectivity index (χ0) is 27.1. The van der Waals surface area contributed by atoms with Gasteiger partial charge in [0, 0.05) is 7.05 Å². The van der Waals surface area contributed by atoms with Crippen molar-refractivity contribution in [3.8, 4) is 0 Å². The normalized spacial score (nSPS) is 32.7. The summed E-state index contributed by atoms with van der Waals surface area (Å²) in [7, 11) is 2.39. The lowest BCUT2D eigenvalue weighted by molar-refractivity contribution is -0.0854. The second-order valence-corrected chi connectivity index (χ2v) is 11.9. The molecule has 1 heterocycles. The molecular weight excluding hydrogens is 460 g/mol. The molecule has 2 unspecified atom stereocenters. The van der Waals surface area contributed by atoms with E-state index in [1.807, 2.05) is 0 Å². The van der Waals surface area contributed by atoms with Gasteiger partial charge < -0.3 is 0 Å². The van der Waals surface area contributed by atoms with E-state index in [1.54, 1.807) is 5.57 Å². The summed E-state index contributed by atoms with van der Waals surface area (Å²) >= 11 is 0. The van der Waals surface area contributed by atoms with Gasteiger partial charge in [-0.3, -0.25) is 5.01 Å². The number of allylic oxidation sites excluding steroid dienone is 11. The minimum absolute atomic E-state index is 0.0313. The molecule has 1 fully saturated rings. The molecule has 2 heteroatoms. The Labute approximate surface area is 235 Å². The number of hydrazine groups is 1. The van der Waals surface area contributed by atoms with Gasteiger partial charge in [-0.05, 0) is 50.7 Å². The molecule has 2 atom stereocenters. The van der Waals surface area contributed by atoms with Crippen molar-refractivity contribution in [3.05, 3.63) is 84.2 Å². The van der Waals surface area contributed by atoms with Crippen molar-refractivity contribution in [1.82, 2.24) is 10.0 Å². The van der Waals surface area contributed by atoms with E-state index in [9.17, 15) is 0 Å². The van der Waals surface area contributed by atoms with Crippen molar-refractivity contribution < 1.29 is 0 Å². The predicted octanol–water partition coefficient (Wildman–Crippen LogP) is 10.4. The maximum absolute atomic E-state index is 2.70. The largest absolute Gasteiger partial charge is 0.296 e. The molecular formula is C36H56N2. The molecule has 0 aromatic heterocycles. The number of hydrogen-bond donors (Lipinski definition) is 0. The van der Waals surface area contributed by atoms with E-state index >= 15 is 0 Å². The van der Waals surface area contributed by atoms with Crippen LogP contribution in [0.25, 0.3) is 0 Å². The lowest BCUT2D eigenvalue weighted by atomic mass is 9.77. The Hall–Kier alpha value is -2.06. The quantitative estimate of drug-likeness (QED) is 0.324. The van der Waals surface area contributed by atoms with Crippen LogP contribution in [0.15, 0.2) is 84.2 Å². The Morgan fingerprint density at radius 2 is 1.24 bits per heavy atom. The van der Waals surface area contributed by atoms with Gasteiger partial charge in [0.15, 0.2) is 0 Å². The molecule has 0 spiro atoms. The molecule has 0 amide bonds. The lowest BCUT2D eigenvalue weighted by Gasteiger charge is -2.55. The first kappa shape index (κ1) is 30.5. The average Bonchev–Trinajstić information content (AvgIpc) is 2.87. The fraction of sp³-hybridized carbons (Fsp3) is 0.611. The average molecular weight is 517 g/mol. The third kappa shape index (κ3) is 9.01. The second-order valence-electron chi connectivity index (χ2n) is 11.9. The lowest BCUT2D eigenvalue weighted by Crippen LogP contribution is -2.61. The maximum Gasteiger partial charge on any atom is 0.0720 e. The molecule has 1 saturated carbocycles. The smallest absolute Gasteiger partial charge is 0.0720 e. The highest BCUT2D eigenvalue weighted by molar-refractivity contribution is 5.34. The Kier molecular flexibility index (Phi) is 13.5. The molecule has 0 aromatic rings. The van der Waals surface area contributed by atoms with E-state index in [0.29, 0.717) is 6.04 Å². The topological polar surface area (TPSA) is 6.48 Å². The van der Waals surface area contributed by atoms with Crippen LogP contribution in [-0.2, 0) is 0 Å². The van der Waals surface area contributed by atoms with E-state index in [-0.39, 0.29) is 5.54 Å². The van der Waals surface area contributed by atoms with Crippen LogP contribution in [0.4, 0.5) is 0 Å². The summed E-state index contributed by atoms with van der Waals surface area (Å²) in [5.74, 6) is 0.727. The van der Waals surface area contributed by atoms with Crippen molar-refractivity contribution in [1.29, 1.82) is 0 Å². The van der Waals surface area contributed by atoms with Crippen LogP contribution in [-0.4, -0.2) is 28.6 Å². The summed E-state index contributed by atoms with van der Waals surface area (Å²) in [6.07, 6.45) is 46.7. The monoisotopic (exact) mass is 516 g/mol. The second kappa shape index (κ2) is 16.8. The van der Waals surface area contributed by atoms with Gasteiger partial charge in [0.25, 0.3) is 0 Å². The number of likely N-dealkylation sites (N-methyl/N-ethyl adjacent to an activating group) is 1. The molecule has 3 rings (SSSR count). The van der Waals surface area contributed by atoms with Crippen molar-refractivity contribution in [2.24, 2.45) is 5.92 Å². The van der Waals surface area contributed by atoms with Crippen molar-refractivity contribution in [2.75, 3.05) is 7.05 Å². The van der Waals surface area contributed by atoms with E-state index in [2.05, 4.69) is 111 Å². The standard InChI is InChI=1S/C36H56N2/c1-5-25-33-31-36(3,30-6-2)38(34-28-23-19-15-11-8-12-16-20-24-29-34)37(4)35(33)32-26-21-17-13-9-7-10-14-18-22-27-32/h8,11-12,15-16,19-20,23-24,28-29,31-32,35H,5-7,9-10,13-14,17-18,21-22,25-27,30H2,1-4H3/b11-8-,12-8?,15-11?,16-12-,19-15-,20-16?,23-19?,24-20-,28-23-,29-24?,34-28?,34-29+. The van der Waals surface area contributed by atoms with Gasteiger partial charge in [-0.25, -0.2) is 5.01 Å². The number of hydrogen-bond acceptors (Lipinski definition) is 2. The predicted molar refractivity (Wildman–Crippen MR) is 168 cm³/mol. The fourth-order valence-corrected chi connectivity index (χ4v) is 7.01. The van der Waals surface area contributed by atoms with Gasteiger partial charge in [-0.15, -0.1) is 0 Å². The molecule has 1 aliphatic heterocycles. The molecule has 0 radical (unpaired) electrons. The molecule has 3 aliphatic rings. The highest BCUT2D eigenvalue weighted by Gasteiger charge is 2.43. The fourth-order valence-electron chi connectivity index (χ4n) is 7.01. The van der Waals surface area contributed by atoms with Gasteiger partial charge >= 0.3 is 0 Å². The summed E-state index contributed by atoms with van der Waals surface area (Å²) in [6.45, 7) is 7.16. The van der Waals surface area contributed by atoms with Crippen molar-refractivity contribution in [2.45, 2.75) is 129 Å². The van der Waals surface area contributed by atoms with Crippen LogP contribution < -0.4 is 0 Å². The number of nitrogens with zero attached hydrogens (tertiary/aromatic N) is 2. The minimum atomic E-state index is -0.0313. The molecule has 0 aromatic carbocycles. The van der Waals surface area contributed by atoms with Crippen LogP contribution in [0.2, 0.25) is 0 Å². The maximum atomic E-state index is 2.70. The van der Waals surface area contributed by atoms with Crippen LogP contribution in [0.5, 0.6) is 0 Å². The van der Waals surface area contributed by atoms with Gasteiger partial charge in [0.2, 0.25) is 0 Å². The van der Waals surface area contributed by atoms with Crippen molar-refractivity contribution in [3.63, 3.8) is 0 Å². The van der Waals surface area contributed by atoms with Crippen LogP contribution in [0.1, 0.15) is 117 Å². The highest BCUT2D eigenvalue weighted by Crippen LogP contribution is 2.42. The molecule has 0 bridgehead atoms. The Bertz CT molecular complexity index is 886. The molecule has 210 valence electrons. The van der Waals surface area contributed by atoms with Crippen LogP contribution in [0, 0.1) is 5.92 Å². The first-order valence-corrected chi connectivity index (χ1v) is 15.9. The summed E-state index contributed by atoms with van der Waals surface area (Å²) in [5.41, 5.74) is 2.93. The molecule has 38 heavy (non-hydrogen) atoms. The van der Waals surface area contributed by atoms with E-state index in [0.717, 1.165) is 12.3 Å². The van der Waals surface area contributed by atoms with Crippen LogP contribution in [0.3, 0.4) is 0 Å². The van der Waals surface area contributed by atoms with E-state index in [4.69, 9.17) is 0 Å². The molecule has 2 aliphatic carbocycles. The first-order chi connectivity index (χ1) is 18.6. The first-order valence-electron chi connectivity index (χ1n) is 15.9. The Balaban J connectivity index is 2.02. The third-order valence-corrected chi connectivity index (χ3v) is 8.64. The minimum Gasteiger partial charge on any atom is -0.296 e. The Morgan fingerprint density at radius 3 is 1.79 bits per heavy atom. The number of rotatable bonds is 6. The summed E-state index contributed by atoms with van der Waals surface area (Å²) in [6, 6.07) is 0.487. The summed E-state index contributed by atoms with van der Waals surface area (Å²) in [4.78, 5) is 0. The van der Waals surface area contributed by atoms with E-state index < -0.39 is 0 Å². The zero-order valence-corrected chi connectivity index (χ0v) is 25.1. The zero-order valence-electron chi connectivity index (χ0n) is 25.1. The highest BCUT2D eigenvalue weighted by atomic mass is 15.7. The van der Waals surface area contributed by atoms with Crippen LogP contribution >= 0.6 is 0 Å². The van der Waals surface area contributed by atoms with Gasteiger partial charge in [-0.2, -0.15) is 0 Å². The third-order valence-electron chi connectivity index (χ3n) is 8.64. The molecule has 0 N–H and O–H groups in total. The van der Waals surface area contributed by atoms with Gasteiger partial charge in [0.05, 0.1) is 17.3 Å². The summed E-state index contributed by atoms with van der Waals surface area (Å²) in [5, 5.41) is 5.32. The summed E-state index contributed by atoms with van der Waals surface area (Å²) < 4.78 is 0. The van der Waals surface area contributed by atoms with Gasteiger partial charge in [-0.1, -0.05) is 151 Å². The molecule has 2 nitrogen and oxygen atoms in total. The van der Waals surface area contributed by atoms with Crippen molar-refractivity contribution >= 4 is 0 Å².